The summed E-state index contributed by atoms with van der Waals surface area (Å²) < 4.78 is 2.90. The molecular weight excluding hydrogens is 316 g/mol. The van der Waals surface area contributed by atoms with E-state index in [1.807, 2.05) is 12.1 Å². The summed E-state index contributed by atoms with van der Waals surface area (Å²) in [6, 6.07) is 11.1. The molecule has 2 heterocycles. The molecule has 0 saturated carbocycles. The molecule has 1 N–H and O–H groups in total. The number of carbonyl (C=O) groups excluding carboxylic acids is 1. The van der Waals surface area contributed by atoms with Crippen LogP contribution in [-0.2, 0) is 11.2 Å². The predicted octanol–water partition coefficient (Wildman–Crippen LogP) is 2.25. The third-order valence-corrected chi connectivity index (χ3v) is 4.94. The summed E-state index contributed by atoms with van der Waals surface area (Å²) in [5.41, 5.74) is 2.71. The number of benzene rings is 1. The van der Waals surface area contributed by atoms with E-state index in [1.54, 1.807) is 36.0 Å². The molecule has 1 amide bonds. The second-order valence-electron chi connectivity index (χ2n) is 6.51. The molecule has 0 radical (unpaired) electrons. The Morgan fingerprint density at radius 1 is 1.28 bits per heavy atom. The summed E-state index contributed by atoms with van der Waals surface area (Å²) in [6.45, 7) is 1.71. The third-order valence-electron chi connectivity index (χ3n) is 4.94. The van der Waals surface area contributed by atoms with Crippen LogP contribution in [-0.4, -0.2) is 20.1 Å². The molecule has 3 aromatic rings. The molecule has 25 heavy (non-hydrogen) atoms. The van der Waals surface area contributed by atoms with Crippen molar-refractivity contribution < 1.29 is 4.79 Å². The first-order valence-electron chi connectivity index (χ1n) is 8.58. The molecule has 1 aliphatic rings. The fourth-order valence-electron chi connectivity index (χ4n) is 3.54. The number of hydrogen-bond acceptors (Lipinski definition) is 3. The van der Waals surface area contributed by atoms with Gasteiger partial charge in [-0.2, -0.15) is 5.10 Å². The molecule has 0 fully saturated rings. The zero-order chi connectivity index (χ0) is 17.4. The van der Waals surface area contributed by atoms with Crippen LogP contribution in [0.15, 0.2) is 53.7 Å². The van der Waals surface area contributed by atoms with E-state index in [2.05, 4.69) is 22.5 Å². The lowest BCUT2D eigenvalue weighted by atomic mass is 9.87. The van der Waals surface area contributed by atoms with Crippen LogP contribution in [0.1, 0.15) is 43.0 Å². The number of rotatable bonds is 3. The van der Waals surface area contributed by atoms with Crippen molar-refractivity contribution >= 4 is 11.4 Å². The van der Waals surface area contributed by atoms with E-state index in [0.717, 1.165) is 19.3 Å². The number of fused-ring (bicyclic) bond motifs is 2. The maximum absolute atomic E-state index is 12.7. The number of amides is 1. The van der Waals surface area contributed by atoms with Crippen molar-refractivity contribution in [1.82, 2.24) is 19.5 Å². The van der Waals surface area contributed by atoms with Crippen LogP contribution in [0.4, 0.5) is 0 Å². The molecule has 0 aliphatic heterocycles. The number of nitrogens with one attached hydrogen (secondary N) is 1. The summed E-state index contributed by atoms with van der Waals surface area (Å²) in [4.78, 5) is 25.3. The highest BCUT2D eigenvalue weighted by Crippen LogP contribution is 2.29. The van der Waals surface area contributed by atoms with Gasteiger partial charge < -0.3 is 9.72 Å². The first-order chi connectivity index (χ1) is 12.1. The van der Waals surface area contributed by atoms with E-state index < -0.39 is 6.04 Å². The van der Waals surface area contributed by atoms with Gasteiger partial charge in [-0.15, -0.1) is 0 Å². The first kappa shape index (κ1) is 15.6. The molecule has 1 aliphatic carbocycles. The fraction of sp³-hybridized carbons (Fsp3) is 0.316. The van der Waals surface area contributed by atoms with E-state index in [9.17, 15) is 9.59 Å². The van der Waals surface area contributed by atoms with Crippen LogP contribution < -0.4 is 10.9 Å². The largest absolute Gasteiger partial charge is 0.347 e. The normalized spacial score (nSPS) is 17.9. The van der Waals surface area contributed by atoms with Crippen LogP contribution in [0.5, 0.6) is 0 Å². The lowest BCUT2D eigenvalue weighted by Gasteiger charge is -2.27. The van der Waals surface area contributed by atoms with Crippen LogP contribution in [0.2, 0.25) is 0 Å². The van der Waals surface area contributed by atoms with Crippen molar-refractivity contribution in [2.24, 2.45) is 0 Å². The molecule has 0 bridgehead atoms. The van der Waals surface area contributed by atoms with Gasteiger partial charge in [0.05, 0.1) is 6.04 Å². The lowest BCUT2D eigenvalue weighted by molar-refractivity contribution is -0.125. The summed E-state index contributed by atoms with van der Waals surface area (Å²) in [6.07, 6.45) is 6.32. The first-order valence-corrected chi connectivity index (χ1v) is 8.58. The van der Waals surface area contributed by atoms with Gasteiger partial charge in [0, 0.05) is 6.20 Å². The quantitative estimate of drug-likeness (QED) is 0.798. The molecule has 6 heteroatoms. The molecule has 2 aromatic heterocycles. The van der Waals surface area contributed by atoms with Crippen LogP contribution in [0.25, 0.3) is 5.52 Å². The number of aromatic nitrogens is 3. The smallest absolute Gasteiger partial charge is 0.291 e. The minimum atomic E-state index is -0.665. The van der Waals surface area contributed by atoms with E-state index in [-0.39, 0.29) is 17.5 Å². The Labute approximate surface area is 145 Å². The van der Waals surface area contributed by atoms with Gasteiger partial charge in [-0.1, -0.05) is 24.3 Å². The van der Waals surface area contributed by atoms with Crippen LogP contribution >= 0.6 is 0 Å². The van der Waals surface area contributed by atoms with Gasteiger partial charge in [-0.25, -0.2) is 4.68 Å². The number of hydrogen-bond donors (Lipinski definition) is 1. The lowest BCUT2D eigenvalue weighted by Crippen LogP contribution is -2.39. The predicted molar refractivity (Wildman–Crippen MR) is 94.4 cm³/mol. The summed E-state index contributed by atoms with van der Waals surface area (Å²) >= 11 is 0. The third kappa shape index (κ3) is 2.73. The molecule has 0 spiro atoms. The van der Waals surface area contributed by atoms with Crippen molar-refractivity contribution in [3.63, 3.8) is 0 Å². The molecule has 1 aromatic carbocycles. The zero-order valence-electron chi connectivity index (χ0n) is 14.1. The maximum atomic E-state index is 12.7. The van der Waals surface area contributed by atoms with Gasteiger partial charge in [-0.05, 0) is 49.4 Å². The molecule has 6 nitrogen and oxygen atoms in total. The second kappa shape index (κ2) is 6.20. The Balaban J connectivity index is 1.59. The number of nitrogens with zero attached hydrogens (tertiary/aromatic N) is 3. The van der Waals surface area contributed by atoms with E-state index in [0.29, 0.717) is 5.52 Å². The van der Waals surface area contributed by atoms with Crippen molar-refractivity contribution in [2.75, 3.05) is 0 Å². The maximum Gasteiger partial charge on any atom is 0.291 e. The fourth-order valence-corrected chi connectivity index (χ4v) is 3.54. The Bertz CT molecular complexity index is 988. The minimum Gasteiger partial charge on any atom is -0.347 e. The minimum absolute atomic E-state index is 0.00682. The van der Waals surface area contributed by atoms with E-state index >= 15 is 0 Å². The monoisotopic (exact) mass is 336 g/mol. The van der Waals surface area contributed by atoms with Gasteiger partial charge >= 0.3 is 0 Å². The van der Waals surface area contributed by atoms with Gasteiger partial charge in [0.25, 0.3) is 5.56 Å². The number of aryl methyl sites for hydroxylation is 1. The Morgan fingerprint density at radius 2 is 2.12 bits per heavy atom. The molecule has 128 valence electrons. The van der Waals surface area contributed by atoms with E-state index in [1.165, 1.54) is 15.8 Å². The Morgan fingerprint density at radius 3 is 3.00 bits per heavy atom. The summed E-state index contributed by atoms with van der Waals surface area (Å²) in [7, 11) is 0. The van der Waals surface area contributed by atoms with Gasteiger partial charge in [0.1, 0.15) is 17.9 Å². The number of carbonyl (C=O) groups is 1. The van der Waals surface area contributed by atoms with Crippen molar-refractivity contribution in [3.8, 4) is 0 Å². The topological polar surface area (TPSA) is 68.4 Å². The van der Waals surface area contributed by atoms with Crippen molar-refractivity contribution in [2.45, 2.75) is 38.3 Å². The van der Waals surface area contributed by atoms with Crippen LogP contribution in [0.3, 0.4) is 0 Å². The van der Waals surface area contributed by atoms with Gasteiger partial charge in [-0.3, -0.25) is 9.59 Å². The highest BCUT2D eigenvalue weighted by atomic mass is 16.2. The van der Waals surface area contributed by atoms with Gasteiger partial charge in [0.15, 0.2) is 0 Å². The van der Waals surface area contributed by atoms with E-state index in [4.69, 9.17) is 0 Å². The molecule has 0 unspecified atom stereocenters. The van der Waals surface area contributed by atoms with Gasteiger partial charge in [0.2, 0.25) is 5.91 Å². The Hall–Kier alpha value is -2.89. The Kier molecular flexibility index (Phi) is 3.87. The molecule has 2 atom stereocenters. The highest BCUT2D eigenvalue weighted by Gasteiger charge is 2.25. The highest BCUT2D eigenvalue weighted by molar-refractivity contribution is 5.80. The zero-order valence-corrected chi connectivity index (χ0v) is 14.1. The summed E-state index contributed by atoms with van der Waals surface area (Å²) in [5, 5.41) is 7.24. The van der Waals surface area contributed by atoms with Crippen molar-refractivity contribution in [1.29, 1.82) is 0 Å². The molecular formula is C19H20N4O2. The molecule has 4 rings (SSSR count). The second-order valence-corrected chi connectivity index (χ2v) is 6.51. The SMILES string of the molecule is C[C@H](C(=O)N[C@H]1CCCc2ccccc21)n1ncn2cccc2c1=O. The van der Waals surface area contributed by atoms with Crippen LogP contribution in [0, 0.1) is 0 Å². The van der Waals surface area contributed by atoms with Crippen molar-refractivity contribution in [3.05, 3.63) is 70.4 Å². The average molecular weight is 336 g/mol. The standard InChI is InChI=1S/C19H20N4O2/c1-13(23-19(25)17-10-5-11-22(17)12-20-23)18(24)21-16-9-4-7-14-6-2-3-8-15(14)16/h2-3,5-6,8,10-13,16H,4,7,9H2,1H3,(H,21,24)/t13-,16+/m1/s1. The summed E-state index contributed by atoms with van der Waals surface area (Å²) in [5.74, 6) is -0.188. The molecule has 0 saturated heterocycles. The average Bonchev–Trinajstić information content (AvgIpc) is 3.11.